The Balaban J connectivity index is 1.60. The van der Waals surface area contributed by atoms with Crippen LogP contribution in [-0.2, 0) is 11.8 Å². The minimum atomic E-state index is -0.302. The number of pyridine rings is 2. The van der Waals surface area contributed by atoms with Gasteiger partial charge in [-0.1, -0.05) is 0 Å². The highest BCUT2D eigenvalue weighted by molar-refractivity contribution is 5.89. The summed E-state index contributed by atoms with van der Waals surface area (Å²) in [4.78, 5) is 28.2. The number of morpholine rings is 1. The summed E-state index contributed by atoms with van der Waals surface area (Å²) in [5, 5.41) is 7.48. The van der Waals surface area contributed by atoms with E-state index >= 15 is 0 Å². The fourth-order valence-electron chi connectivity index (χ4n) is 3.94. The number of anilines is 3. The maximum Gasteiger partial charge on any atom is 0.252 e. The maximum atomic E-state index is 12.6. The molecule has 0 bridgehead atoms. The molecule has 5 rings (SSSR count). The van der Waals surface area contributed by atoms with Gasteiger partial charge in [0.25, 0.3) is 5.56 Å². The molecule has 0 aromatic carbocycles. The van der Waals surface area contributed by atoms with Crippen molar-refractivity contribution in [1.82, 2.24) is 29.1 Å². The Morgan fingerprint density at radius 2 is 2.06 bits per heavy atom. The van der Waals surface area contributed by atoms with Gasteiger partial charge in [-0.15, -0.1) is 0 Å². The van der Waals surface area contributed by atoms with Crippen LogP contribution < -0.4 is 15.8 Å². The predicted octanol–water partition coefficient (Wildman–Crippen LogP) is 2.04. The molecule has 0 saturated carbocycles. The molecule has 1 aliphatic rings. The van der Waals surface area contributed by atoms with Crippen molar-refractivity contribution >= 4 is 34.0 Å². The SMILES string of the molecule is Cc1cc2ncnn2cc1Nc1ncc2c(n1)c(N1CCOC(C)(C)C1)cc(=O)n2C. The van der Waals surface area contributed by atoms with E-state index in [1.54, 1.807) is 28.4 Å². The number of nitrogens with one attached hydrogen (secondary N) is 1. The van der Waals surface area contributed by atoms with E-state index in [4.69, 9.17) is 9.72 Å². The average Bonchev–Trinajstić information content (AvgIpc) is 3.17. The second-order valence-electron chi connectivity index (χ2n) is 8.44. The van der Waals surface area contributed by atoms with Crippen LogP contribution in [0.4, 0.5) is 17.3 Å². The van der Waals surface area contributed by atoms with E-state index in [1.807, 2.05) is 33.0 Å². The minimum Gasteiger partial charge on any atom is -0.372 e. The van der Waals surface area contributed by atoms with Gasteiger partial charge in [-0.25, -0.2) is 19.5 Å². The molecule has 1 aliphatic heterocycles. The van der Waals surface area contributed by atoms with E-state index in [1.165, 1.54) is 6.33 Å². The highest BCUT2D eigenvalue weighted by Gasteiger charge is 2.29. The molecule has 5 heterocycles. The second kappa shape index (κ2) is 7.02. The van der Waals surface area contributed by atoms with Gasteiger partial charge in [0.2, 0.25) is 5.95 Å². The van der Waals surface area contributed by atoms with Crippen molar-refractivity contribution in [1.29, 1.82) is 0 Å². The van der Waals surface area contributed by atoms with Crippen LogP contribution in [0, 0.1) is 6.92 Å². The normalized spacial score (nSPS) is 16.2. The Bertz CT molecular complexity index is 1360. The Hall–Kier alpha value is -3.53. The number of fused-ring (bicyclic) bond motifs is 2. The van der Waals surface area contributed by atoms with Crippen LogP contribution in [0.25, 0.3) is 16.7 Å². The molecule has 4 aromatic rings. The van der Waals surface area contributed by atoms with Gasteiger partial charge >= 0.3 is 0 Å². The molecule has 160 valence electrons. The van der Waals surface area contributed by atoms with Crippen LogP contribution in [0.15, 0.2) is 35.6 Å². The average molecular weight is 420 g/mol. The lowest BCUT2D eigenvalue weighted by Crippen LogP contribution is -2.48. The van der Waals surface area contributed by atoms with Gasteiger partial charge in [-0.3, -0.25) is 4.79 Å². The van der Waals surface area contributed by atoms with E-state index < -0.39 is 0 Å². The number of ether oxygens (including phenoxy) is 1. The zero-order chi connectivity index (χ0) is 21.8. The molecule has 1 N–H and O–H groups in total. The van der Waals surface area contributed by atoms with Gasteiger partial charge in [0, 0.05) is 26.2 Å². The van der Waals surface area contributed by atoms with Crippen LogP contribution in [0.5, 0.6) is 0 Å². The third-order valence-electron chi connectivity index (χ3n) is 5.60. The summed E-state index contributed by atoms with van der Waals surface area (Å²) in [5.41, 5.74) is 4.40. The molecule has 0 spiro atoms. The number of aromatic nitrogens is 6. The minimum absolute atomic E-state index is 0.0939. The molecule has 0 radical (unpaired) electrons. The van der Waals surface area contributed by atoms with Crippen LogP contribution in [-0.4, -0.2) is 54.4 Å². The van der Waals surface area contributed by atoms with E-state index in [2.05, 4.69) is 25.3 Å². The first-order valence-corrected chi connectivity index (χ1v) is 10.1. The Morgan fingerprint density at radius 1 is 1.23 bits per heavy atom. The molecule has 31 heavy (non-hydrogen) atoms. The highest BCUT2D eigenvalue weighted by Crippen LogP contribution is 2.29. The predicted molar refractivity (Wildman–Crippen MR) is 118 cm³/mol. The van der Waals surface area contributed by atoms with Gasteiger partial charge in [-0.2, -0.15) is 5.10 Å². The lowest BCUT2D eigenvalue weighted by Gasteiger charge is -2.39. The molecule has 0 aliphatic carbocycles. The smallest absolute Gasteiger partial charge is 0.252 e. The molecule has 0 amide bonds. The lowest BCUT2D eigenvalue weighted by molar-refractivity contribution is -0.0276. The summed E-state index contributed by atoms with van der Waals surface area (Å²) < 4.78 is 9.11. The van der Waals surface area contributed by atoms with Gasteiger partial charge in [0.05, 0.1) is 41.5 Å². The van der Waals surface area contributed by atoms with Gasteiger partial charge in [0.15, 0.2) is 5.65 Å². The highest BCUT2D eigenvalue weighted by atomic mass is 16.5. The number of aryl methyl sites for hydroxylation is 2. The van der Waals surface area contributed by atoms with Gasteiger partial charge in [-0.05, 0) is 32.4 Å². The van der Waals surface area contributed by atoms with Crippen molar-refractivity contribution < 1.29 is 4.74 Å². The largest absolute Gasteiger partial charge is 0.372 e. The zero-order valence-corrected chi connectivity index (χ0v) is 18.0. The standard InChI is InChI=1S/C21H24N8O2/c1-13-7-17-23-12-24-29(17)10-14(13)25-20-22-9-16-19(26-20)15(8-18(30)27(16)4)28-5-6-31-21(2,3)11-28/h7-10,12H,5-6,11H2,1-4H3,(H,22,25,26). The third-order valence-corrected chi connectivity index (χ3v) is 5.60. The number of nitrogens with zero attached hydrogens (tertiary/aromatic N) is 7. The first kappa shape index (κ1) is 19.4. The fraction of sp³-hybridized carbons (Fsp3) is 0.381. The van der Waals surface area contributed by atoms with Crippen LogP contribution >= 0.6 is 0 Å². The maximum absolute atomic E-state index is 12.6. The van der Waals surface area contributed by atoms with Gasteiger partial charge in [0.1, 0.15) is 11.8 Å². The van der Waals surface area contributed by atoms with Crippen molar-refractivity contribution in [2.75, 3.05) is 29.9 Å². The van der Waals surface area contributed by atoms with E-state index in [9.17, 15) is 4.79 Å². The first-order valence-electron chi connectivity index (χ1n) is 10.1. The molecule has 10 heteroatoms. The molecule has 0 atom stereocenters. The summed E-state index contributed by atoms with van der Waals surface area (Å²) in [7, 11) is 1.73. The quantitative estimate of drug-likeness (QED) is 0.537. The second-order valence-corrected chi connectivity index (χ2v) is 8.44. The van der Waals surface area contributed by atoms with Gasteiger partial charge < -0.3 is 19.5 Å². The third kappa shape index (κ3) is 3.48. The molecule has 1 saturated heterocycles. The van der Waals surface area contributed by atoms with Crippen LogP contribution in [0.1, 0.15) is 19.4 Å². The summed E-state index contributed by atoms with van der Waals surface area (Å²) >= 11 is 0. The van der Waals surface area contributed by atoms with Crippen LogP contribution in [0.3, 0.4) is 0 Å². The van der Waals surface area contributed by atoms with Crippen molar-refractivity contribution in [3.8, 4) is 0 Å². The number of hydrogen-bond donors (Lipinski definition) is 1. The molecule has 0 unspecified atom stereocenters. The summed E-state index contributed by atoms with van der Waals surface area (Å²) in [6.07, 6.45) is 5.06. The Kier molecular flexibility index (Phi) is 4.40. The molecular weight excluding hydrogens is 396 g/mol. The van der Waals surface area contributed by atoms with Crippen molar-refractivity contribution in [2.24, 2.45) is 7.05 Å². The zero-order valence-electron chi connectivity index (χ0n) is 18.0. The molecule has 10 nitrogen and oxygen atoms in total. The van der Waals surface area contributed by atoms with E-state index in [-0.39, 0.29) is 11.2 Å². The molecule has 4 aromatic heterocycles. The van der Waals surface area contributed by atoms with E-state index in [0.717, 1.165) is 28.1 Å². The summed E-state index contributed by atoms with van der Waals surface area (Å²) in [6, 6.07) is 3.59. The fourth-order valence-corrected chi connectivity index (χ4v) is 3.94. The van der Waals surface area contributed by atoms with Crippen molar-refractivity contribution in [3.05, 3.63) is 46.8 Å². The van der Waals surface area contributed by atoms with Crippen molar-refractivity contribution in [3.63, 3.8) is 0 Å². The topological polar surface area (TPSA) is 102 Å². The first-order chi connectivity index (χ1) is 14.8. The lowest BCUT2D eigenvalue weighted by atomic mass is 10.1. The number of rotatable bonds is 3. The Morgan fingerprint density at radius 3 is 2.87 bits per heavy atom. The van der Waals surface area contributed by atoms with Crippen molar-refractivity contribution in [2.45, 2.75) is 26.4 Å². The monoisotopic (exact) mass is 420 g/mol. The number of hydrogen-bond acceptors (Lipinski definition) is 8. The van der Waals surface area contributed by atoms with Crippen LogP contribution in [0.2, 0.25) is 0 Å². The molecular formula is C21H24N8O2. The summed E-state index contributed by atoms with van der Waals surface area (Å²) in [6.45, 7) is 8.05. The molecule has 1 fully saturated rings. The van der Waals surface area contributed by atoms with E-state index in [0.29, 0.717) is 31.2 Å². The Labute approximate surface area is 178 Å². The summed E-state index contributed by atoms with van der Waals surface area (Å²) in [5.74, 6) is 0.447.